The van der Waals surface area contributed by atoms with Gasteiger partial charge in [0.2, 0.25) is 11.9 Å². The van der Waals surface area contributed by atoms with Crippen LogP contribution in [-0.4, -0.2) is 15.9 Å². The molecule has 0 bridgehead atoms. The van der Waals surface area contributed by atoms with Crippen LogP contribution in [0.3, 0.4) is 0 Å². The molecule has 4 aromatic rings. The Bertz CT molecular complexity index is 1220. The van der Waals surface area contributed by atoms with E-state index < -0.39 is 0 Å². The van der Waals surface area contributed by atoms with Crippen LogP contribution in [0.5, 0.6) is 0 Å². The van der Waals surface area contributed by atoms with Gasteiger partial charge in [-0.25, -0.2) is 9.97 Å². The van der Waals surface area contributed by atoms with Crippen molar-refractivity contribution in [3.8, 4) is 11.3 Å². The van der Waals surface area contributed by atoms with Gasteiger partial charge in [0.1, 0.15) is 0 Å². The summed E-state index contributed by atoms with van der Waals surface area (Å²) in [6.45, 7) is 0. The Balaban J connectivity index is 1.50. The van der Waals surface area contributed by atoms with Crippen molar-refractivity contribution >= 4 is 34.6 Å². The molecule has 0 fully saturated rings. The first-order chi connectivity index (χ1) is 14.8. The van der Waals surface area contributed by atoms with E-state index in [9.17, 15) is 4.79 Å². The molecule has 0 atom stereocenters. The fourth-order valence-electron chi connectivity index (χ4n) is 3.49. The van der Waals surface area contributed by atoms with Gasteiger partial charge in [-0.05, 0) is 30.3 Å². The van der Waals surface area contributed by atoms with Gasteiger partial charge in [-0.2, -0.15) is 0 Å². The number of benzene rings is 3. The van der Waals surface area contributed by atoms with Crippen molar-refractivity contribution in [2.45, 2.75) is 6.42 Å². The van der Waals surface area contributed by atoms with E-state index in [0.717, 1.165) is 39.6 Å². The van der Waals surface area contributed by atoms with E-state index in [1.54, 1.807) is 6.20 Å². The number of amides is 1. The molecule has 1 aromatic heterocycles. The molecular weight excluding hydrogens is 374 g/mol. The number of para-hydroxylation sites is 4. The molecule has 30 heavy (non-hydrogen) atoms. The van der Waals surface area contributed by atoms with Crippen LogP contribution in [0.15, 0.2) is 85.1 Å². The van der Waals surface area contributed by atoms with Crippen molar-refractivity contribution in [2.75, 3.05) is 16.0 Å². The molecule has 0 saturated heterocycles. The van der Waals surface area contributed by atoms with E-state index in [-0.39, 0.29) is 12.3 Å². The maximum atomic E-state index is 12.2. The van der Waals surface area contributed by atoms with Gasteiger partial charge < -0.3 is 16.0 Å². The lowest BCUT2D eigenvalue weighted by atomic mass is 10.1. The summed E-state index contributed by atoms with van der Waals surface area (Å²) in [5, 5.41) is 9.67. The molecular formula is C24H19N5O. The zero-order chi connectivity index (χ0) is 20.3. The second-order valence-electron chi connectivity index (χ2n) is 7.00. The van der Waals surface area contributed by atoms with Gasteiger partial charge in [-0.3, -0.25) is 4.79 Å². The highest BCUT2D eigenvalue weighted by molar-refractivity contribution is 6.00. The average Bonchev–Trinajstić information content (AvgIpc) is 2.91. The van der Waals surface area contributed by atoms with E-state index in [4.69, 9.17) is 4.98 Å². The number of aromatic nitrogens is 2. The predicted molar refractivity (Wildman–Crippen MR) is 119 cm³/mol. The third-order valence-electron chi connectivity index (χ3n) is 4.90. The molecule has 2 heterocycles. The molecule has 0 aliphatic carbocycles. The van der Waals surface area contributed by atoms with E-state index >= 15 is 0 Å². The average molecular weight is 393 g/mol. The van der Waals surface area contributed by atoms with E-state index in [1.165, 1.54) is 0 Å². The fourth-order valence-corrected chi connectivity index (χ4v) is 3.49. The minimum atomic E-state index is -0.0667. The second-order valence-corrected chi connectivity index (χ2v) is 7.00. The third-order valence-corrected chi connectivity index (χ3v) is 4.90. The molecule has 0 unspecified atom stereocenters. The van der Waals surface area contributed by atoms with Crippen LogP contribution in [0.4, 0.5) is 28.7 Å². The van der Waals surface area contributed by atoms with Crippen molar-refractivity contribution in [3.05, 3.63) is 90.6 Å². The Labute approximate surface area is 174 Å². The molecule has 146 valence electrons. The number of carbonyl (C=O) groups excluding carboxylic acids is 1. The first-order valence-electron chi connectivity index (χ1n) is 9.69. The van der Waals surface area contributed by atoms with Gasteiger partial charge in [0.25, 0.3) is 0 Å². The summed E-state index contributed by atoms with van der Waals surface area (Å²) < 4.78 is 0. The smallest absolute Gasteiger partial charge is 0.228 e. The Hall–Kier alpha value is -4.19. The summed E-state index contributed by atoms with van der Waals surface area (Å²) in [5.41, 5.74) is 5.98. The SMILES string of the molecule is O=C1Cc2cnc(Nc3ccccc3Nc3ccccc3)nc2-c2ccccc2N1. The van der Waals surface area contributed by atoms with Crippen LogP contribution in [0, 0.1) is 0 Å². The Kier molecular flexibility index (Phi) is 4.57. The van der Waals surface area contributed by atoms with Gasteiger partial charge in [0.15, 0.2) is 0 Å². The van der Waals surface area contributed by atoms with Gasteiger partial charge in [0.05, 0.1) is 29.2 Å². The summed E-state index contributed by atoms with van der Waals surface area (Å²) in [6, 6.07) is 25.6. The minimum Gasteiger partial charge on any atom is -0.354 e. The minimum absolute atomic E-state index is 0.0667. The van der Waals surface area contributed by atoms with Crippen LogP contribution >= 0.6 is 0 Å². The maximum Gasteiger partial charge on any atom is 0.228 e. The quantitative estimate of drug-likeness (QED) is 0.448. The Morgan fingerprint density at radius 3 is 2.33 bits per heavy atom. The van der Waals surface area contributed by atoms with Crippen molar-refractivity contribution in [3.63, 3.8) is 0 Å². The van der Waals surface area contributed by atoms with Crippen molar-refractivity contribution in [1.82, 2.24) is 9.97 Å². The van der Waals surface area contributed by atoms with Crippen LogP contribution in [0.25, 0.3) is 11.3 Å². The van der Waals surface area contributed by atoms with Gasteiger partial charge in [-0.1, -0.05) is 48.5 Å². The predicted octanol–water partition coefficient (Wildman–Crippen LogP) is 5.13. The molecule has 1 amide bonds. The highest BCUT2D eigenvalue weighted by Gasteiger charge is 2.20. The summed E-state index contributed by atoms with van der Waals surface area (Å²) >= 11 is 0. The van der Waals surface area contributed by atoms with Crippen LogP contribution in [0.2, 0.25) is 0 Å². The summed E-state index contributed by atoms with van der Waals surface area (Å²) in [6.07, 6.45) is 1.97. The van der Waals surface area contributed by atoms with Crippen LogP contribution in [0.1, 0.15) is 5.56 Å². The molecule has 0 saturated carbocycles. The topological polar surface area (TPSA) is 78.9 Å². The number of hydrogen-bond acceptors (Lipinski definition) is 5. The van der Waals surface area contributed by atoms with Gasteiger partial charge >= 0.3 is 0 Å². The zero-order valence-corrected chi connectivity index (χ0v) is 16.1. The molecule has 6 heteroatoms. The first kappa shape index (κ1) is 17.9. The molecule has 3 aromatic carbocycles. The maximum absolute atomic E-state index is 12.2. The third kappa shape index (κ3) is 3.58. The lowest BCUT2D eigenvalue weighted by Gasteiger charge is -2.14. The summed E-state index contributed by atoms with van der Waals surface area (Å²) in [7, 11) is 0. The lowest BCUT2D eigenvalue weighted by Crippen LogP contribution is -2.12. The monoisotopic (exact) mass is 393 g/mol. The standard InChI is InChI=1S/C24H19N5O/c30-22-14-16-15-25-24(29-23(16)18-10-4-5-11-19(18)27-22)28-21-13-7-6-12-20(21)26-17-8-2-1-3-9-17/h1-13,15,26H,14H2,(H,27,30)(H,25,28,29). The second kappa shape index (κ2) is 7.67. The van der Waals surface area contributed by atoms with E-state index in [0.29, 0.717) is 5.95 Å². The van der Waals surface area contributed by atoms with Crippen molar-refractivity contribution in [1.29, 1.82) is 0 Å². The molecule has 1 aliphatic rings. The molecule has 1 aliphatic heterocycles. The number of nitrogens with zero attached hydrogens (tertiary/aromatic N) is 2. The number of fused-ring (bicyclic) bond motifs is 3. The van der Waals surface area contributed by atoms with E-state index in [1.807, 2.05) is 78.9 Å². The first-order valence-corrected chi connectivity index (χ1v) is 9.69. The Morgan fingerprint density at radius 1 is 0.800 bits per heavy atom. The molecule has 5 rings (SSSR count). The molecule has 6 nitrogen and oxygen atoms in total. The zero-order valence-electron chi connectivity index (χ0n) is 16.1. The normalized spacial score (nSPS) is 12.2. The van der Waals surface area contributed by atoms with Crippen molar-refractivity contribution in [2.24, 2.45) is 0 Å². The number of rotatable bonds is 4. The number of anilines is 5. The highest BCUT2D eigenvalue weighted by atomic mass is 16.1. The van der Waals surface area contributed by atoms with Gasteiger partial charge in [0, 0.05) is 23.0 Å². The molecule has 0 radical (unpaired) electrons. The number of carbonyl (C=O) groups is 1. The Morgan fingerprint density at radius 2 is 1.50 bits per heavy atom. The summed E-state index contributed by atoms with van der Waals surface area (Å²) in [5.74, 6) is 0.406. The fraction of sp³-hybridized carbons (Fsp3) is 0.0417. The largest absolute Gasteiger partial charge is 0.354 e. The molecule has 3 N–H and O–H groups in total. The van der Waals surface area contributed by atoms with Crippen molar-refractivity contribution < 1.29 is 4.79 Å². The van der Waals surface area contributed by atoms with Crippen LogP contribution < -0.4 is 16.0 Å². The van der Waals surface area contributed by atoms with E-state index in [2.05, 4.69) is 20.9 Å². The van der Waals surface area contributed by atoms with Crippen LogP contribution in [-0.2, 0) is 11.2 Å². The number of hydrogen-bond donors (Lipinski definition) is 3. The molecule has 0 spiro atoms. The number of nitrogens with one attached hydrogen (secondary N) is 3. The van der Waals surface area contributed by atoms with Gasteiger partial charge in [-0.15, -0.1) is 0 Å². The lowest BCUT2D eigenvalue weighted by molar-refractivity contribution is -0.115. The highest BCUT2D eigenvalue weighted by Crippen LogP contribution is 2.33. The summed E-state index contributed by atoms with van der Waals surface area (Å²) in [4.78, 5) is 21.4.